The van der Waals surface area contributed by atoms with Crippen molar-refractivity contribution in [1.29, 1.82) is 0 Å². The van der Waals surface area contributed by atoms with E-state index < -0.39 is 8.32 Å². The molecule has 38 heavy (non-hydrogen) atoms. The molecule has 0 unspecified atom stereocenters. The molecule has 0 aromatic heterocycles. The van der Waals surface area contributed by atoms with Gasteiger partial charge in [-0.1, -0.05) is 39.3 Å². The molecule has 8 heteroatoms. The Bertz CT molecular complexity index is 817. The minimum absolute atomic E-state index is 0.00213. The molecule has 1 aromatic carbocycles. The molecule has 1 aliphatic rings. The van der Waals surface area contributed by atoms with Crippen molar-refractivity contribution in [2.75, 3.05) is 54.0 Å². The van der Waals surface area contributed by atoms with E-state index in [4.69, 9.17) is 28.1 Å². The highest BCUT2D eigenvalue weighted by atomic mass is 28.4. The molecule has 218 valence electrons. The number of methoxy groups -OCH3 is 2. The van der Waals surface area contributed by atoms with Gasteiger partial charge in [-0.05, 0) is 72.7 Å². The molecule has 0 saturated carbocycles. The van der Waals surface area contributed by atoms with E-state index in [1.807, 2.05) is 24.3 Å². The Balaban J connectivity index is 2.01. The van der Waals surface area contributed by atoms with E-state index in [-0.39, 0.29) is 23.7 Å². The Kier molecular flexibility index (Phi) is 14.5. The molecule has 7 nitrogen and oxygen atoms in total. The number of benzene rings is 1. The Morgan fingerprint density at radius 3 is 2.24 bits per heavy atom. The lowest BCUT2D eigenvalue weighted by molar-refractivity contribution is -0.0664. The van der Waals surface area contributed by atoms with Gasteiger partial charge < -0.3 is 33.2 Å². The van der Waals surface area contributed by atoms with E-state index in [0.717, 1.165) is 43.4 Å². The first-order chi connectivity index (χ1) is 18.1. The van der Waals surface area contributed by atoms with Gasteiger partial charge in [-0.15, -0.1) is 0 Å². The summed E-state index contributed by atoms with van der Waals surface area (Å²) in [6.45, 7) is 14.7. The predicted octanol–water partition coefficient (Wildman–Crippen LogP) is 6.11. The third-order valence-corrected chi connectivity index (χ3v) is 12.3. The Labute approximate surface area is 231 Å². The van der Waals surface area contributed by atoms with Crippen LogP contribution in [0.25, 0.3) is 0 Å². The summed E-state index contributed by atoms with van der Waals surface area (Å²) >= 11 is 0. The van der Waals surface area contributed by atoms with Crippen molar-refractivity contribution in [3.05, 3.63) is 41.0 Å². The quantitative estimate of drug-likeness (QED) is 0.0961. The standard InChI is InChI=1S/C30H52O7Si/c1-30(2,3)38(6,7)37-22-28-25(20-31)19-29(36-21-24-12-14-26(33-5)15-13-24)27(28)11-9-8-10-16-34-23-35-18-17-32-4/h12-15,25,29,31H,8-11,16-23H2,1-7H3/t25-,29-/m1/s1. The zero-order chi connectivity index (χ0) is 28.0. The van der Waals surface area contributed by atoms with E-state index in [1.165, 1.54) is 11.1 Å². The summed E-state index contributed by atoms with van der Waals surface area (Å²) < 4.78 is 34.3. The summed E-state index contributed by atoms with van der Waals surface area (Å²) in [4.78, 5) is 0. The zero-order valence-corrected chi connectivity index (χ0v) is 25.8. The van der Waals surface area contributed by atoms with E-state index in [0.29, 0.717) is 39.8 Å². The van der Waals surface area contributed by atoms with Crippen LogP contribution in [0.4, 0.5) is 0 Å². The summed E-state index contributed by atoms with van der Waals surface area (Å²) in [6, 6.07) is 8.01. The number of ether oxygens (including phenoxy) is 5. The molecule has 0 radical (unpaired) electrons. The molecule has 0 fully saturated rings. The van der Waals surface area contributed by atoms with Crippen LogP contribution in [0.2, 0.25) is 18.1 Å². The van der Waals surface area contributed by atoms with Gasteiger partial charge in [0.25, 0.3) is 0 Å². The maximum absolute atomic E-state index is 10.3. The SMILES string of the molecule is COCCOCOCCCCCC1=C(CO[Si](C)(C)C(C)(C)C)[C@@H](CO)C[C@H]1OCc1ccc(OC)cc1. The molecule has 0 aliphatic heterocycles. The van der Waals surface area contributed by atoms with Gasteiger partial charge >= 0.3 is 0 Å². The van der Waals surface area contributed by atoms with E-state index in [1.54, 1.807) is 14.2 Å². The van der Waals surface area contributed by atoms with Crippen molar-refractivity contribution in [2.24, 2.45) is 5.92 Å². The van der Waals surface area contributed by atoms with E-state index >= 15 is 0 Å². The van der Waals surface area contributed by atoms with Crippen LogP contribution in [0, 0.1) is 5.92 Å². The fourth-order valence-electron chi connectivity index (χ4n) is 4.31. The second-order valence-corrected chi connectivity index (χ2v) is 16.4. The van der Waals surface area contributed by atoms with Crippen molar-refractivity contribution in [3.8, 4) is 5.75 Å². The van der Waals surface area contributed by atoms with Gasteiger partial charge in [0.05, 0.1) is 39.6 Å². The minimum atomic E-state index is -1.92. The van der Waals surface area contributed by atoms with E-state index in [9.17, 15) is 5.11 Å². The molecule has 1 N–H and O–H groups in total. The number of unbranched alkanes of at least 4 members (excludes halogenated alkanes) is 2. The molecule has 0 saturated heterocycles. The Morgan fingerprint density at radius 2 is 1.61 bits per heavy atom. The van der Waals surface area contributed by atoms with Gasteiger partial charge in [0, 0.05) is 26.2 Å². The van der Waals surface area contributed by atoms with Gasteiger partial charge in [-0.25, -0.2) is 0 Å². The fraction of sp³-hybridized carbons (Fsp3) is 0.733. The van der Waals surface area contributed by atoms with Crippen LogP contribution in [0.3, 0.4) is 0 Å². The molecule has 0 amide bonds. The van der Waals surface area contributed by atoms with Crippen molar-refractivity contribution in [1.82, 2.24) is 0 Å². The topological polar surface area (TPSA) is 75.6 Å². The third-order valence-electron chi connectivity index (χ3n) is 7.85. The summed E-state index contributed by atoms with van der Waals surface area (Å²) in [6.07, 6.45) is 4.85. The van der Waals surface area contributed by atoms with Crippen LogP contribution in [0.15, 0.2) is 35.4 Å². The summed E-state index contributed by atoms with van der Waals surface area (Å²) in [5.74, 6) is 0.925. The zero-order valence-electron chi connectivity index (χ0n) is 24.8. The normalized spacial score (nSPS) is 18.4. The van der Waals surface area contributed by atoms with Crippen LogP contribution >= 0.6 is 0 Å². The minimum Gasteiger partial charge on any atom is -0.497 e. The molecular formula is C30H52O7Si. The van der Waals surface area contributed by atoms with Crippen molar-refractivity contribution < 1.29 is 33.2 Å². The summed E-state index contributed by atoms with van der Waals surface area (Å²) in [7, 11) is 1.42. The first kappa shape index (κ1) is 32.9. The summed E-state index contributed by atoms with van der Waals surface area (Å²) in [5, 5.41) is 10.4. The number of aliphatic hydroxyl groups is 1. The van der Waals surface area contributed by atoms with Gasteiger partial charge in [-0.3, -0.25) is 0 Å². The van der Waals surface area contributed by atoms with Gasteiger partial charge in [0.2, 0.25) is 0 Å². The summed E-state index contributed by atoms with van der Waals surface area (Å²) in [5.41, 5.74) is 3.68. The van der Waals surface area contributed by atoms with Crippen LogP contribution in [-0.4, -0.2) is 73.6 Å². The predicted molar refractivity (Wildman–Crippen MR) is 154 cm³/mol. The number of rotatable bonds is 19. The molecular weight excluding hydrogens is 500 g/mol. The third kappa shape index (κ3) is 10.7. The lowest BCUT2D eigenvalue weighted by Gasteiger charge is -2.36. The maximum Gasteiger partial charge on any atom is 0.192 e. The van der Waals surface area contributed by atoms with Gasteiger partial charge in [-0.2, -0.15) is 0 Å². The van der Waals surface area contributed by atoms with Crippen molar-refractivity contribution >= 4 is 8.32 Å². The number of aliphatic hydroxyl groups excluding tert-OH is 1. The molecule has 2 rings (SSSR count). The molecule has 1 aromatic rings. The number of hydrogen-bond donors (Lipinski definition) is 1. The lowest BCUT2D eigenvalue weighted by Crippen LogP contribution is -2.41. The average Bonchev–Trinajstić information content (AvgIpc) is 3.23. The lowest BCUT2D eigenvalue weighted by atomic mass is 10.00. The second-order valence-electron chi connectivity index (χ2n) is 11.6. The Hall–Kier alpha value is -1.26. The van der Waals surface area contributed by atoms with Crippen molar-refractivity contribution in [3.63, 3.8) is 0 Å². The van der Waals surface area contributed by atoms with Crippen LogP contribution in [-0.2, 0) is 30.0 Å². The Morgan fingerprint density at radius 1 is 0.895 bits per heavy atom. The highest BCUT2D eigenvalue weighted by molar-refractivity contribution is 6.74. The first-order valence-electron chi connectivity index (χ1n) is 14.0. The molecule has 1 aliphatic carbocycles. The van der Waals surface area contributed by atoms with Crippen molar-refractivity contribution in [2.45, 2.75) is 83.7 Å². The number of hydrogen-bond acceptors (Lipinski definition) is 7. The molecule has 2 atom stereocenters. The maximum atomic E-state index is 10.3. The highest BCUT2D eigenvalue weighted by Crippen LogP contribution is 2.41. The average molecular weight is 553 g/mol. The van der Waals surface area contributed by atoms with Crippen LogP contribution in [0.1, 0.15) is 58.4 Å². The molecule has 0 bridgehead atoms. The van der Waals surface area contributed by atoms with E-state index in [2.05, 4.69) is 33.9 Å². The van der Waals surface area contributed by atoms with Gasteiger partial charge in [0.15, 0.2) is 8.32 Å². The van der Waals surface area contributed by atoms with Gasteiger partial charge in [0.1, 0.15) is 12.5 Å². The fourth-order valence-corrected chi connectivity index (χ4v) is 5.26. The monoisotopic (exact) mass is 552 g/mol. The highest BCUT2D eigenvalue weighted by Gasteiger charge is 2.39. The molecule has 0 heterocycles. The first-order valence-corrected chi connectivity index (χ1v) is 16.9. The smallest absolute Gasteiger partial charge is 0.192 e. The van der Waals surface area contributed by atoms with Crippen LogP contribution < -0.4 is 4.74 Å². The second kappa shape index (κ2) is 16.8. The largest absolute Gasteiger partial charge is 0.497 e. The molecule has 0 spiro atoms. The van der Waals surface area contributed by atoms with Crippen LogP contribution in [0.5, 0.6) is 5.75 Å².